The van der Waals surface area contributed by atoms with E-state index in [4.69, 9.17) is 17.3 Å². The molecule has 3 rings (SSSR count). The van der Waals surface area contributed by atoms with Gasteiger partial charge in [-0.2, -0.15) is 0 Å². The summed E-state index contributed by atoms with van der Waals surface area (Å²) in [6.07, 6.45) is 0. The smallest absolute Gasteiger partial charge is 0.241 e. The van der Waals surface area contributed by atoms with E-state index in [1.807, 2.05) is 23.1 Å². The van der Waals surface area contributed by atoms with Gasteiger partial charge in [0.25, 0.3) is 0 Å². The monoisotopic (exact) mass is 361 g/mol. The number of rotatable bonds is 4. The van der Waals surface area contributed by atoms with E-state index in [-0.39, 0.29) is 23.6 Å². The highest BCUT2D eigenvalue weighted by atomic mass is 35.5. The molecular formula is C19H21ClFN3O. The highest BCUT2D eigenvalue weighted by Gasteiger charge is 2.35. The Labute approximate surface area is 151 Å². The molecule has 0 spiro atoms. The first-order valence-electron chi connectivity index (χ1n) is 8.26. The van der Waals surface area contributed by atoms with Gasteiger partial charge in [-0.15, -0.1) is 0 Å². The Morgan fingerprint density at radius 3 is 2.72 bits per heavy atom. The molecule has 1 saturated heterocycles. The zero-order chi connectivity index (χ0) is 18.0. The van der Waals surface area contributed by atoms with Crippen molar-refractivity contribution in [2.24, 2.45) is 5.73 Å². The second kappa shape index (κ2) is 7.52. The van der Waals surface area contributed by atoms with Gasteiger partial charge in [0.2, 0.25) is 5.91 Å². The number of anilines is 1. The van der Waals surface area contributed by atoms with Gasteiger partial charge in [-0.25, -0.2) is 4.39 Å². The maximum atomic E-state index is 13.8. The van der Waals surface area contributed by atoms with E-state index in [9.17, 15) is 9.18 Å². The van der Waals surface area contributed by atoms with Gasteiger partial charge in [0.05, 0.1) is 11.7 Å². The van der Waals surface area contributed by atoms with Crippen LogP contribution in [0, 0.1) is 5.82 Å². The molecule has 4 nitrogen and oxygen atoms in total. The molecule has 3 N–H and O–H groups in total. The van der Waals surface area contributed by atoms with Crippen LogP contribution in [0.25, 0.3) is 0 Å². The Balaban J connectivity index is 1.68. The average molecular weight is 362 g/mol. The highest BCUT2D eigenvalue weighted by Crippen LogP contribution is 2.28. The van der Waals surface area contributed by atoms with Gasteiger partial charge in [0.15, 0.2) is 0 Å². The number of carbonyl (C=O) groups is 1. The van der Waals surface area contributed by atoms with E-state index < -0.39 is 11.9 Å². The van der Waals surface area contributed by atoms with Crippen molar-refractivity contribution >= 4 is 23.2 Å². The van der Waals surface area contributed by atoms with Crippen molar-refractivity contribution in [3.63, 3.8) is 0 Å². The van der Waals surface area contributed by atoms with Crippen LogP contribution in [0.4, 0.5) is 10.1 Å². The summed E-state index contributed by atoms with van der Waals surface area (Å²) in [5, 5.41) is 2.99. The molecular weight excluding hydrogens is 341 g/mol. The van der Waals surface area contributed by atoms with Crippen LogP contribution in [0.3, 0.4) is 0 Å². The number of likely N-dealkylation sites (tertiary alicyclic amines) is 1. The number of amides is 1. The lowest BCUT2D eigenvalue weighted by Crippen LogP contribution is -2.41. The van der Waals surface area contributed by atoms with Crippen LogP contribution in [0.15, 0.2) is 48.5 Å². The van der Waals surface area contributed by atoms with Gasteiger partial charge >= 0.3 is 0 Å². The first-order valence-corrected chi connectivity index (χ1v) is 8.64. The Hall–Kier alpha value is -1.95. The van der Waals surface area contributed by atoms with Crippen LogP contribution in [0.2, 0.25) is 5.02 Å². The zero-order valence-corrected chi connectivity index (χ0v) is 14.7. The van der Waals surface area contributed by atoms with Crippen LogP contribution in [0.1, 0.15) is 18.4 Å². The Bertz CT molecular complexity index is 756. The quantitative estimate of drug-likeness (QED) is 0.879. The molecule has 0 aromatic heterocycles. The molecule has 2 aromatic rings. The van der Waals surface area contributed by atoms with Gasteiger partial charge in [0.1, 0.15) is 5.82 Å². The molecule has 132 valence electrons. The van der Waals surface area contributed by atoms with Gasteiger partial charge in [-0.1, -0.05) is 41.9 Å². The minimum Gasteiger partial charge on any atom is -0.326 e. The molecule has 0 aliphatic carbocycles. The molecule has 2 aromatic carbocycles. The number of hydrogen-bond acceptors (Lipinski definition) is 3. The van der Waals surface area contributed by atoms with Crippen molar-refractivity contribution in [2.75, 3.05) is 18.4 Å². The van der Waals surface area contributed by atoms with Crippen LogP contribution in [0.5, 0.6) is 0 Å². The molecule has 1 heterocycles. The molecule has 3 atom stereocenters. The van der Waals surface area contributed by atoms with Gasteiger partial charge in [0, 0.05) is 30.1 Å². The van der Waals surface area contributed by atoms with E-state index in [1.54, 1.807) is 6.92 Å². The summed E-state index contributed by atoms with van der Waals surface area (Å²) in [4.78, 5) is 14.5. The lowest BCUT2D eigenvalue weighted by Gasteiger charge is -2.23. The van der Waals surface area contributed by atoms with Gasteiger partial charge < -0.3 is 11.1 Å². The maximum absolute atomic E-state index is 13.8. The third-order valence-electron chi connectivity index (χ3n) is 4.73. The van der Waals surface area contributed by atoms with E-state index in [0.717, 1.165) is 0 Å². The molecule has 6 heteroatoms. The van der Waals surface area contributed by atoms with Crippen molar-refractivity contribution in [3.8, 4) is 0 Å². The molecule has 0 saturated carbocycles. The lowest BCUT2D eigenvalue weighted by molar-refractivity contribution is -0.120. The van der Waals surface area contributed by atoms with Gasteiger partial charge in [-0.3, -0.25) is 9.69 Å². The number of carbonyl (C=O) groups excluding carboxylic acids is 1. The van der Waals surface area contributed by atoms with E-state index in [2.05, 4.69) is 17.4 Å². The second-order valence-corrected chi connectivity index (χ2v) is 6.86. The van der Waals surface area contributed by atoms with Crippen molar-refractivity contribution in [2.45, 2.75) is 24.9 Å². The SMILES string of the molecule is CC(C(=O)Nc1cc(Cl)ccc1F)N1C[C@@H](N)[C@H](c2ccccc2)C1. The summed E-state index contributed by atoms with van der Waals surface area (Å²) in [6, 6.07) is 13.7. The predicted octanol–water partition coefficient (Wildman–Crippen LogP) is 3.23. The van der Waals surface area contributed by atoms with E-state index >= 15 is 0 Å². The Kier molecular flexibility index (Phi) is 5.37. The summed E-state index contributed by atoms with van der Waals surface area (Å²) in [6.45, 7) is 3.11. The number of nitrogens with two attached hydrogens (primary N) is 1. The van der Waals surface area contributed by atoms with E-state index in [0.29, 0.717) is 18.1 Å². The standard InChI is InChI=1S/C19H21ClFN3O/c1-12(19(25)23-18-9-14(20)7-8-16(18)21)24-10-15(17(22)11-24)13-5-3-2-4-6-13/h2-9,12,15,17H,10-11,22H2,1H3,(H,23,25)/t12?,15-,17+/m0/s1. The average Bonchev–Trinajstić information content (AvgIpc) is 3.00. The summed E-state index contributed by atoms with van der Waals surface area (Å²) < 4.78 is 13.8. The fourth-order valence-electron chi connectivity index (χ4n) is 3.23. The first-order chi connectivity index (χ1) is 12.0. The summed E-state index contributed by atoms with van der Waals surface area (Å²) in [5.74, 6) is -0.605. The fourth-order valence-corrected chi connectivity index (χ4v) is 3.40. The van der Waals surface area contributed by atoms with Crippen molar-refractivity contribution < 1.29 is 9.18 Å². The zero-order valence-electron chi connectivity index (χ0n) is 14.0. The third kappa shape index (κ3) is 4.00. The minimum atomic E-state index is -0.509. The van der Waals surface area contributed by atoms with E-state index in [1.165, 1.54) is 23.8 Å². The lowest BCUT2D eigenvalue weighted by atomic mass is 9.95. The highest BCUT2D eigenvalue weighted by molar-refractivity contribution is 6.30. The Morgan fingerprint density at radius 1 is 1.28 bits per heavy atom. The normalized spacial score (nSPS) is 21.9. The topological polar surface area (TPSA) is 58.4 Å². The number of benzene rings is 2. The van der Waals surface area contributed by atoms with Crippen LogP contribution < -0.4 is 11.1 Å². The summed E-state index contributed by atoms with van der Waals surface area (Å²) in [7, 11) is 0. The predicted molar refractivity (Wildman–Crippen MR) is 98.2 cm³/mol. The fraction of sp³-hybridized carbons (Fsp3) is 0.316. The van der Waals surface area contributed by atoms with Crippen LogP contribution >= 0.6 is 11.6 Å². The molecule has 0 radical (unpaired) electrons. The van der Waals surface area contributed by atoms with Crippen LogP contribution in [-0.4, -0.2) is 36.0 Å². The minimum absolute atomic E-state index is 0.0412. The van der Waals surface area contributed by atoms with Crippen molar-refractivity contribution in [3.05, 3.63) is 64.9 Å². The molecule has 1 aliphatic rings. The molecule has 0 bridgehead atoms. The molecule has 1 amide bonds. The molecule has 1 fully saturated rings. The molecule has 1 aliphatic heterocycles. The van der Waals surface area contributed by atoms with Crippen molar-refractivity contribution in [1.82, 2.24) is 4.90 Å². The number of halogens is 2. The third-order valence-corrected chi connectivity index (χ3v) is 4.97. The van der Waals surface area contributed by atoms with Crippen LogP contribution in [-0.2, 0) is 4.79 Å². The largest absolute Gasteiger partial charge is 0.326 e. The van der Waals surface area contributed by atoms with Gasteiger partial charge in [-0.05, 0) is 30.7 Å². The second-order valence-electron chi connectivity index (χ2n) is 6.42. The molecule has 1 unspecified atom stereocenters. The maximum Gasteiger partial charge on any atom is 0.241 e. The number of hydrogen-bond donors (Lipinski definition) is 2. The summed E-state index contributed by atoms with van der Waals surface area (Å²) in [5.41, 5.74) is 7.55. The first kappa shape index (κ1) is 17.9. The number of nitrogens with one attached hydrogen (secondary N) is 1. The number of nitrogens with zero attached hydrogens (tertiary/aromatic N) is 1. The Morgan fingerprint density at radius 2 is 2.00 bits per heavy atom. The van der Waals surface area contributed by atoms with Crippen molar-refractivity contribution in [1.29, 1.82) is 0 Å². The molecule has 25 heavy (non-hydrogen) atoms. The summed E-state index contributed by atoms with van der Waals surface area (Å²) >= 11 is 5.87.